The number of likely N-dealkylation sites (N-methyl/N-ethyl adjacent to an activating group) is 1. The first-order valence-electron chi connectivity index (χ1n) is 8.74. The van der Waals surface area contributed by atoms with Crippen molar-refractivity contribution in [3.8, 4) is 0 Å². The van der Waals surface area contributed by atoms with Crippen LogP contribution >= 0.6 is 24.0 Å². The lowest BCUT2D eigenvalue weighted by atomic mass is 9.84. The summed E-state index contributed by atoms with van der Waals surface area (Å²) < 4.78 is 0.484. The molecule has 2 aliphatic rings. The number of rotatable bonds is 5. The Balaban J connectivity index is 1.81. The third-order valence-electron chi connectivity index (χ3n) is 4.98. The van der Waals surface area contributed by atoms with Crippen molar-refractivity contribution in [2.24, 2.45) is 0 Å². The van der Waals surface area contributed by atoms with E-state index in [9.17, 15) is 9.59 Å². The molecule has 0 spiro atoms. The van der Waals surface area contributed by atoms with Crippen molar-refractivity contribution in [3.63, 3.8) is 0 Å². The van der Waals surface area contributed by atoms with Crippen LogP contribution < -0.4 is 4.90 Å². The Kier molecular flexibility index (Phi) is 5.44. The molecule has 7 heteroatoms. The molecule has 0 saturated carbocycles. The van der Waals surface area contributed by atoms with Crippen molar-refractivity contribution in [2.75, 3.05) is 18.5 Å². The molecule has 1 amide bonds. The molecule has 27 heavy (non-hydrogen) atoms. The van der Waals surface area contributed by atoms with Crippen LogP contribution in [-0.4, -0.2) is 39.8 Å². The zero-order valence-electron chi connectivity index (χ0n) is 15.6. The van der Waals surface area contributed by atoms with Gasteiger partial charge in [0, 0.05) is 36.8 Å². The minimum atomic E-state index is -0.869. The fourth-order valence-corrected chi connectivity index (χ4v) is 4.80. The smallest absolute Gasteiger partial charge is 0.303 e. The molecule has 142 valence electrons. The van der Waals surface area contributed by atoms with Gasteiger partial charge in [-0.15, -0.1) is 0 Å². The topological polar surface area (TPSA) is 60.9 Å². The third kappa shape index (κ3) is 3.66. The first kappa shape index (κ1) is 19.6. The summed E-state index contributed by atoms with van der Waals surface area (Å²) in [4.78, 5) is 27.5. The number of carbonyl (C=O) groups excluding carboxylic acids is 1. The molecule has 1 aromatic carbocycles. The highest BCUT2D eigenvalue weighted by Gasteiger charge is 2.38. The van der Waals surface area contributed by atoms with Gasteiger partial charge in [-0.1, -0.05) is 56.0 Å². The Morgan fingerprint density at radius 3 is 2.67 bits per heavy atom. The predicted molar refractivity (Wildman–Crippen MR) is 113 cm³/mol. The van der Waals surface area contributed by atoms with Crippen LogP contribution in [0.3, 0.4) is 0 Å². The number of carbonyl (C=O) groups is 2. The summed E-state index contributed by atoms with van der Waals surface area (Å²) in [7, 11) is 2.03. The van der Waals surface area contributed by atoms with Crippen molar-refractivity contribution in [1.29, 1.82) is 0 Å². The first-order valence-corrected chi connectivity index (χ1v) is 9.97. The molecule has 0 unspecified atom stereocenters. The molecule has 0 radical (unpaired) electrons. The van der Waals surface area contributed by atoms with Gasteiger partial charge in [0.05, 0.1) is 4.91 Å². The molecule has 0 aromatic heterocycles. The fourth-order valence-electron chi connectivity index (χ4n) is 3.55. The number of nitrogens with zero attached hydrogens (tertiary/aromatic N) is 2. The van der Waals surface area contributed by atoms with Crippen molar-refractivity contribution in [3.05, 3.63) is 52.6 Å². The zero-order chi connectivity index (χ0) is 19.8. The number of carboxylic acid groups (broad SMARTS) is 1. The van der Waals surface area contributed by atoms with Gasteiger partial charge in [-0.2, -0.15) is 0 Å². The number of aliphatic carboxylic acids is 1. The second kappa shape index (κ2) is 7.48. The molecule has 1 saturated heterocycles. The summed E-state index contributed by atoms with van der Waals surface area (Å²) in [5, 5.41) is 8.76. The van der Waals surface area contributed by atoms with Crippen LogP contribution in [0.2, 0.25) is 0 Å². The van der Waals surface area contributed by atoms with Crippen LogP contribution in [0, 0.1) is 0 Å². The van der Waals surface area contributed by atoms with Crippen LogP contribution in [0.5, 0.6) is 0 Å². The van der Waals surface area contributed by atoms with Crippen molar-refractivity contribution in [1.82, 2.24) is 4.90 Å². The average Bonchev–Trinajstić information content (AvgIpc) is 2.98. The Morgan fingerprint density at radius 2 is 2.00 bits per heavy atom. The molecule has 2 aliphatic heterocycles. The van der Waals surface area contributed by atoms with E-state index in [0.717, 1.165) is 5.70 Å². The maximum Gasteiger partial charge on any atom is 0.303 e. The lowest BCUT2D eigenvalue weighted by molar-refractivity contribution is -0.137. The van der Waals surface area contributed by atoms with Crippen molar-refractivity contribution >= 4 is 45.9 Å². The number of carboxylic acids is 1. The van der Waals surface area contributed by atoms with E-state index < -0.39 is 5.97 Å². The molecule has 3 rings (SSSR count). The van der Waals surface area contributed by atoms with Crippen LogP contribution in [0.15, 0.2) is 47.0 Å². The Bertz CT molecular complexity index is 874. The summed E-state index contributed by atoms with van der Waals surface area (Å²) in [5.74, 6) is -1.02. The third-order valence-corrected chi connectivity index (χ3v) is 6.37. The Labute approximate surface area is 168 Å². The summed E-state index contributed by atoms with van der Waals surface area (Å²) in [6, 6.07) is 8.30. The normalized spacial score (nSPS) is 21.4. The highest BCUT2D eigenvalue weighted by atomic mass is 32.2. The molecular formula is C20H22N2O3S2. The van der Waals surface area contributed by atoms with Gasteiger partial charge in [0.2, 0.25) is 0 Å². The molecule has 1 fully saturated rings. The Morgan fingerprint density at radius 1 is 1.30 bits per heavy atom. The number of anilines is 1. The molecule has 0 bridgehead atoms. The highest BCUT2D eigenvalue weighted by molar-refractivity contribution is 8.26. The van der Waals surface area contributed by atoms with Gasteiger partial charge < -0.3 is 10.0 Å². The standard InChI is InChI=1S/C20H22N2O3S2/c1-20(2)13-7-4-5-8-14(13)21(3)16(20)11-10-15-18(25)22(19(26)27-15)12-6-9-17(23)24/h4-5,7-8,10-11H,6,9,12H2,1-3H3,(H,23,24)/b15-10+,16-11+. The number of thioether (sulfide) groups is 1. The van der Waals surface area contributed by atoms with E-state index in [-0.39, 0.29) is 17.7 Å². The fraction of sp³-hybridized carbons (Fsp3) is 0.350. The molecular weight excluding hydrogens is 380 g/mol. The average molecular weight is 403 g/mol. The molecule has 0 atom stereocenters. The van der Waals surface area contributed by atoms with Gasteiger partial charge >= 0.3 is 5.97 Å². The van der Waals surface area contributed by atoms with E-state index in [1.54, 1.807) is 0 Å². The number of thiocarbonyl (C=S) groups is 1. The molecule has 2 heterocycles. The van der Waals surface area contributed by atoms with E-state index in [4.69, 9.17) is 17.3 Å². The number of allylic oxidation sites excluding steroid dienone is 3. The van der Waals surface area contributed by atoms with Gasteiger partial charge in [-0.3, -0.25) is 14.5 Å². The molecule has 1 N–H and O–H groups in total. The maximum atomic E-state index is 12.6. The molecule has 0 aliphatic carbocycles. The van der Waals surface area contributed by atoms with E-state index in [1.807, 2.05) is 31.3 Å². The number of fused-ring (bicyclic) bond motifs is 1. The second-order valence-corrected chi connectivity index (χ2v) is 8.78. The second-order valence-electron chi connectivity index (χ2n) is 7.11. The lowest BCUT2D eigenvalue weighted by Gasteiger charge is -2.23. The van der Waals surface area contributed by atoms with Gasteiger partial charge in [-0.25, -0.2) is 0 Å². The summed E-state index contributed by atoms with van der Waals surface area (Å²) >= 11 is 6.56. The number of amides is 1. The highest BCUT2D eigenvalue weighted by Crippen LogP contribution is 2.46. The van der Waals surface area contributed by atoms with Crippen LogP contribution in [-0.2, 0) is 15.0 Å². The zero-order valence-corrected chi connectivity index (χ0v) is 17.2. The van der Waals surface area contributed by atoms with Crippen molar-refractivity contribution in [2.45, 2.75) is 32.1 Å². The number of benzene rings is 1. The molecule has 5 nitrogen and oxygen atoms in total. The largest absolute Gasteiger partial charge is 0.481 e. The van der Waals surface area contributed by atoms with Gasteiger partial charge in [0.15, 0.2) is 0 Å². The Hall–Kier alpha value is -2.12. The van der Waals surface area contributed by atoms with E-state index >= 15 is 0 Å². The summed E-state index contributed by atoms with van der Waals surface area (Å²) in [6.07, 6.45) is 4.23. The van der Waals surface area contributed by atoms with Gasteiger partial charge in [0.25, 0.3) is 5.91 Å². The van der Waals surface area contributed by atoms with E-state index in [2.05, 4.69) is 30.9 Å². The monoisotopic (exact) mass is 402 g/mol. The molecule has 1 aromatic rings. The van der Waals surface area contributed by atoms with Crippen LogP contribution in [0.25, 0.3) is 0 Å². The lowest BCUT2D eigenvalue weighted by Crippen LogP contribution is -2.29. The van der Waals surface area contributed by atoms with E-state index in [1.165, 1.54) is 27.9 Å². The van der Waals surface area contributed by atoms with Gasteiger partial charge in [0.1, 0.15) is 4.32 Å². The SMILES string of the molecule is CN1/C(=C/C=C2/SC(=S)N(CCCC(=O)O)C2=O)C(C)(C)c2ccccc21. The minimum Gasteiger partial charge on any atom is -0.481 e. The quantitative estimate of drug-likeness (QED) is 0.595. The maximum absolute atomic E-state index is 12.6. The summed E-state index contributed by atoms with van der Waals surface area (Å²) in [6.45, 7) is 4.68. The van der Waals surface area contributed by atoms with Crippen LogP contribution in [0.4, 0.5) is 5.69 Å². The number of para-hydroxylation sites is 1. The van der Waals surface area contributed by atoms with Crippen LogP contribution in [0.1, 0.15) is 32.3 Å². The van der Waals surface area contributed by atoms with Gasteiger partial charge in [-0.05, 0) is 30.2 Å². The number of hydrogen-bond acceptors (Lipinski definition) is 5. The van der Waals surface area contributed by atoms with E-state index in [0.29, 0.717) is 22.2 Å². The first-order chi connectivity index (χ1) is 12.7. The summed E-state index contributed by atoms with van der Waals surface area (Å²) in [5.41, 5.74) is 3.38. The predicted octanol–water partition coefficient (Wildman–Crippen LogP) is 3.91. The number of hydrogen-bond donors (Lipinski definition) is 1. The van der Waals surface area contributed by atoms with Crippen molar-refractivity contribution < 1.29 is 14.7 Å². The minimum absolute atomic E-state index is 0.0252.